The number of benzene rings is 1. The van der Waals surface area contributed by atoms with E-state index in [0.717, 1.165) is 43.4 Å². The van der Waals surface area contributed by atoms with Crippen molar-refractivity contribution in [2.45, 2.75) is 37.9 Å². The van der Waals surface area contributed by atoms with E-state index < -0.39 is 0 Å². The molecular formula is C28H32N4O2. The van der Waals surface area contributed by atoms with Crippen molar-refractivity contribution in [3.05, 3.63) is 90.4 Å². The number of piperidine rings is 3. The van der Waals surface area contributed by atoms with Crippen LogP contribution in [0.3, 0.4) is 0 Å². The van der Waals surface area contributed by atoms with Crippen molar-refractivity contribution >= 4 is 0 Å². The zero-order chi connectivity index (χ0) is 22.9. The molecule has 3 aliphatic rings. The molecule has 176 valence electrons. The van der Waals surface area contributed by atoms with E-state index in [1.54, 1.807) is 12.5 Å². The molecule has 3 fully saturated rings. The molecule has 3 saturated heterocycles. The Kier molecular flexibility index (Phi) is 5.85. The fourth-order valence-electron chi connectivity index (χ4n) is 5.97. The van der Waals surface area contributed by atoms with Gasteiger partial charge in [-0.15, -0.1) is 0 Å². The molecular weight excluding hydrogens is 424 g/mol. The Morgan fingerprint density at radius 2 is 1.71 bits per heavy atom. The van der Waals surface area contributed by atoms with Crippen LogP contribution < -0.4 is 0 Å². The number of furan rings is 2. The minimum atomic E-state index is 0.545. The fraction of sp³-hybridized carbons (Fsp3) is 0.393. The number of rotatable bonds is 8. The van der Waals surface area contributed by atoms with Crippen LogP contribution in [-0.4, -0.2) is 45.3 Å². The monoisotopic (exact) mass is 456 g/mol. The number of fused-ring (bicyclic) bond motifs is 3. The molecule has 0 spiro atoms. The molecule has 4 aromatic rings. The van der Waals surface area contributed by atoms with Gasteiger partial charge in [0.15, 0.2) is 0 Å². The summed E-state index contributed by atoms with van der Waals surface area (Å²) in [6, 6.07) is 21.4. The lowest BCUT2D eigenvalue weighted by atomic mass is 9.74. The summed E-state index contributed by atoms with van der Waals surface area (Å²) in [5, 5.41) is 4.86. The van der Waals surface area contributed by atoms with E-state index in [9.17, 15) is 0 Å². The smallest absolute Gasteiger partial charge is 0.117 e. The van der Waals surface area contributed by atoms with E-state index in [2.05, 4.69) is 70.1 Å². The first-order valence-corrected chi connectivity index (χ1v) is 12.3. The first kappa shape index (κ1) is 21.4. The highest BCUT2D eigenvalue weighted by atomic mass is 16.3. The van der Waals surface area contributed by atoms with Crippen molar-refractivity contribution < 1.29 is 8.83 Å². The molecule has 34 heavy (non-hydrogen) atoms. The minimum Gasteiger partial charge on any atom is -0.468 e. The Morgan fingerprint density at radius 3 is 2.32 bits per heavy atom. The molecule has 0 N–H and O–H groups in total. The van der Waals surface area contributed by atoms with Crippen LogP contribution in [0.1, 0.15) is 36.0 Å². The highest BCUT2D eigenvalue weighted by molar-refractivity contribution is 5.59. The molecule has 6 heterocycles. The van der Waals surface area contributed by atoms with Crippen LogP contribution >= 0.6 is 0 Å². The van der Waals surface area contributed by atoms with Crippen molar-refractivity contribution in [2.75, 3.05) is 19.6 Å². The Labute approximate surface area is 200 Å². The number of aryl methyl sites for hydroxylation is 1. The molecule has 0 amide bonds. The van der Waals surface area contributed by atoms with E-state index >= 15 is 0 Å². The van der Waals surface area contributed by atoms with E-state index in [1.807, 2.05) is 12.1 Å². The van der Waals surface area contributed by atoms with Crippen LogP contribution in [0, 0.1) is 5.92 Å². The van der Waals surface area contributed by atoms with Gasteiger partial charge in [0.05, 0.1) is 31.3 Å². The number of nitrogens with zero attached hydrogens (tertiary/aromatic N) is 4. The molecule has 2 bridgehead atoms. The maximum absolute atomic E-state index is 5.67. The lowest BCUT2D eigenvalue weighted by Gasteiger charge is -2.50. The Bertz CT molecular complexity index is 1150. The minimum absolute atomic E-state index is 0.545. The summed E-state index contributed by atoms with van der Waals surface area (Å²) in [7, 11) is 2.10. The standard InChI is InChI=1S/C28H32N4O2/c1-30-28(16-27(29-30)21-7-3-2-4-8-21)26-20-32-12-11-22(26)15-23(32)17-31(18-24-9-5-13-33-24)19-25-10-6-14-34-25/h2-10,13-14,16,22-23,26H,11-12,15,17-20H2,1H3. The largest absolute Gasteiger partial charge is 0.468 e. The molecule has 6 nitrogen and oxygen atoms in total. The second-order valence-electron chi connectivity index (χ2n) is 9.81. The molecule has 3 aliphatic heterocycles. The van der Waals surface area contributed by atoms with Crippen LogP contribution in [-0.2, 0) is 20.1 Å². The van der Waals surface area contributed by atoms with Crippen LogP contribution in [0.2, 0.25) is 0 Å². The molecule has 7 rings (SSSR count). The van der Waals surface area contributed by atoms with Gasteiger partial charge in [0.1, 0.15) is 11.5 Å². The number of hydrogen-bond donors (Lipinski definition) is 0. The first-order valence-electron chi connectivity index (χ1n) is 12.3. The van der Waals surface area contributed by atoms with Crippen molar-refractivity contribution in [3.8, 4) is 11.3 Å². The van der Waals surface area contributed by atoms with Gasteiger partial charge in [0, 0.05) is 43.4 Å². The van der Waals surface area contributed by atoms with E-state index in [1.165, 1.54) is 30.6 Å². The maximum Gasteiger partial charge on any atom is 0.117 e. The molecule has 0 aliphatic carbocycles. The molecule has 0 radical (unpaired) electrons. The summed E-state index contributed by atoms with van der Waals surface area (Å²) < 4.78 is 13.4. The summed E-state index contributed by atoms with van der Waals surface area (Å²) >= 11 is 0. The third-order valence-electron chi connectivity index (χ3n) is 7.63. The average Bonchev–Trinajstić information content (AvgIpc) is 3.63. The van der Waals surface area contributed by atoms with Gasteiger partial charge in [0.25, 0.3) is 0 Å². The predicted molar refractivity (Wildman–Crippen MR) is 131 cm³/mol. The molecule has 4 unspecified atom stereocenters. The first-order chi connectivity index (χ1) is 16.7. The van der Waals surface area contributed by atoms with Gasteiger partial charge in [-0.2, -0.15) is 5.10 Å². The van der Waals surface area contributed by atoms with Gasteiger partial charge in [-0.25, -0.2) is 0 Å². The summed E-state index contributed by atoms with van der Waals surface area (Å²) in [4.78, 5) is 5.17. The van der Waals surface area contributed by atoms with Gasteiger partial charge < -0.3 is 8.83 Å². The molecule has 1 aromatic carbocycles. The Hall–Kier alpha value is -3.09. The quantitative estimate of drug-likeness (QED) is 0.367. The van der Waals surface area contributed by atoms with E-state index in [-0.39, 0.29) is 0 Å². The van der Waals surface area contributed by atoms with Gasteiger partial charge in [-0.1, -0.05) is 30.3 Å². The SMILES string of the molecule is Cn1nc(-c2ccccc2)cc1C1CN2CCC1CC2CN(Cc1ccco1)Cc1ccco1. The predicted octanol–water partition coefficient (Wildman–Crippen LogP) is 5.15. The van der Waals surface area contributed by atoms with Gasteiger partial charge in [-0.05, 0) is 55.6 Å². The molecule has 4 atom stereocenters. The average molecular weight is 457 g/mol. The van der Waals surface area contributed by atoms with Gasteiger partial charge in [-0.3, -0.25) is 14.5 Å². The third kappa shape index (κ3) is 4.36. The third-order valence-corrected chi connectivity index (χ3v) is 7.63. The van der Waals surface area contributed by atoms with Crippen molar-refractivity contribution in [1.82, 2.24) is 19.6 Å². The normalized spacial score (nSPS) is 24.2. The van der Waals surface area contributed by atoms with Gasteiger partial charge in [0.2, 0.25) is 0 Å². The zero-order valence-corrected chi connectivity index (χ0v) is 19.7. The van der Waals surface area contributed by atoms with Crippen LogP contribution in [0.15, 0.2) is 82.0 Å². The van der Waals surface area contributed by atoms with Crippen molar-refractivity contribution in [2.24, 2.45) is 13.0 Å². The van der Waals surface area contributed by atoms with E-state index in [0.29, 0.717) is 17.9 Å². The van der Waals surface area contributed by atoms with Crippen molar-refractivity contribution in [3.63, 3.8) is 0 Å². The number of aromatic nitrogens is 2. The Balaban J connectivity index is 1.17. The van der Waals surface area contributed by atoms with Crippen LogP contribution in [0.4, 0.5) is 0 Å². The van der Waals surface area contributed by atoms with Crippen LogP contribution in [0.25, 0.3) is 11.3 Å². The summed E-state index contributed by atoms with van der Waals surface area (Å²) in [5.41, 5.74) is 3.64. The second-order valence-corrected chi connectivity index (χ2v) is 9.81. The van der Waals surface area contributed by atoms with Gasteiger partial charge >= 0.3 is 0 Å². The lowest BCUT2D eigenvalue weighted by molar-refractivity contribution is 0.00571. The van der Waals surface area contributed by atoms with Crippen LogP contribution in [0.5, 0.6) is 0 Å². The lowest BCUT2D eigenvalue weighted by Crippen LogP contribution is -2.56. The molecule has 3 aromatic heterocycles. The maximum atomic E-state index is 5.67. The molecule has 6 heteroatoms. The summed E-state index contributed by atoms with van der Waals surface area (Å²) in [6.45, 7) is 4.91. The highest BCUT2D eigenvalue weighted by Gasteiger charge is 2.42. The zero-order valence-electron chi connectivity index (χ0n) is 19.7. The topological polar surface area (TPSA) is 50.6 Å². The highest BCUT2D eigenvalue weighted by Crippen LogP contribution is 2.42. The second kappa shape index (κ2) is 9.28. The summed E-state index contributed by atoms with van der Waals surface area (Å²) in [5.74, 6) is 3.25. The number of hydrogen-bond acceptors (Lipinski definition) is 5. The Morgan fingerprint density at radius 1 is 0.971 bits per heavy atom. The molecule has 0 saturated carbocycles. The summed E-state index contributed by atoms with van der Waals surface area (Å²) in [6.07, 6.45) is 6.01. The fourth-order valence-corrected chi connectivity index (χ4v) is 5.97. The van der Waals surface area contributed by atoms with Crippen molar-refractivity contribution in [1.29, 1.82) is 0 Å². The van der Waals surface area contributed by atoms with E-state index in [4.69, 9.17) is 13.9 Å².